The van der Waals surface area contributed by atoms with Crippen LogP contribution in [0.25, 0.3) is 0 Å². The lowest BCUT2D eigenvalue weighted by atomic mass is 10.1. The highest BCUT2D eigenvalue weighted by atomic mass is 16.5. The Balaban J connectivity index is 2.04. The minimum Gasteiger partial charge on any atom is -0.493 e. The van der Waals surface area contributed by atoms with Gasteiger partial charge in [0.2, 0.25) is 0 Å². The average Bonchev–Trinajstić information content (AvgIpc) is 3.28. The van der Waals surface area contributed by atoms with Crippen molar-refractivity contribution >= 4 is 0 Å². The quantitative estimate of drug-likeness (QED) is 0.766. The molecule has 0 heterocycles. The average molecular weight is 279 g/mol. The molecule has 1 aromatic rings. The van der Waals surface area contributed by atoms with Crippen molar-refractivity contribution in [1.82, 2.24) is 5.32 Å². The first-order chi connectivity index (χ1) is 9.69. The number of hydrogen-bond acceptors (Lipinski definition) is 4. The number of aliphatic hydroxyl groups is 1. The number of methoxy groups -OCH3 is 2. The highest BCUT2D eigenvalue weighted by Gasteiger charge is 2.30. The largest absolute Gasteiger partial charge is 0.493 e. The summed E-state index contributed by atoms with van der Waals surface area (Å²) in [5.74, 6) is 2.27. The van der Waals surface area contributed by atoms with E-state index in [2.05, 4.69) is 12.2 Å². The zero-order chi connectivity index (χ0) is 14.5. The molecule has 1 aliphatic carbocycles. The first-order valence-electron chi connectivity index (χ1n) is 7.25. The molecule has 4 nitrogen and oxygen atoms in total. The highest BCUT2D eigenvalue weighted by molar-refractivity contribution is 5.47. The van der Waals surface area contributed by atoms with Gasteiger partial charge in [-0.25, -0.2) is 0 Å². The Labute approximate surface area is 121 Å². The number of benzene rings is 1. The third-order valence-corrected chi connectivity index (χ3v) is 4.03. The van der Waals surface area contributed by atoms with Gasteiger partial charge in [0.1, 0.15) is 0 Å². The van der Waals surface area contributed by atoms with Gasteiger partial charge in [-0.15, -0.1) is 0 Å². The van der Waals surface area contributed by atoms with E-state index in [4.69, 9.17) is 14.6 Å². The fourth-order valence-corrected chi connectivity index (χ4v) is 2.60. The fourth-order valence-electron chi connectivity index (χ4n) is 2.60. The number of nitrogens with one attached hydrogen (secondary N) is 1. The molecule has 2 N–H and O–H groups in total. The normalized spacial score (nSPS) is 16.0. The molecule has 4 heteroatoms. The van der Waals surface area contributed by atoms with Crippen LogP contribution < -0.4 is 14.8 Å². The Morgan fingerprint density at radius 3 is 2.45 bits per heavy atom. The van der Waals surface area contributed by atoms with Gasteiger partial charge in [-0.1, -0.05) is 0 Å². The minimum absolute atomic E-state index is 0.249. The van der Waals surface area contributed by atoms with Crippen molar-refractivity contribution in [3.05, 3.63) is 23.3 Å². The van der Waals surface area contributed by atoms with Gasteiger partial charge in [0, 0.05) is 19.2 Å². The summed E-state index contributed by atoms with van der Waals surface area (Å²) in [6, 6.07) is 4.46. The van der Waals surface area contributed by atoms with Crippen molar-refractivity contribution in [2.45, 2.75) is 38.8 Å². The molecule has 1 unspecified atom stereocenters. The zero-order valence-electron chi connectivity index (χ0n) is 12.6. The van der Waals surface area contributed by atoms with Crippen LogP contribution in [0.4, 0.5) is 0 Å². The summed E-state index contributed by atoms with van der Waals surface area (Å²) in [6.45, 7) is 3.13. The lowest BCUT2D eigenvalue weighted by Gasteiger charge is -2.19. The van der Waals surface area contributed by atoms with Crippen molar-refractivity contribution in [1.29, 1.82) is 0 Å². The fraction of sp³-hybridized carbons (Fsp3) is 0.625. The number of ether oxygens (including phenoxy) is 2. The second-order valence-electron chi connectivity index (χ2n) is 5.47. The lowest BCUT2D eigenvalue weighted by molar-refractivity contribution is 0.255. The van der Waals surface area contributed by atoms with E-state index in [-0.39, 0.29) is 6.61 Å². The summed E-state index contributed by atoms with van der Waals surface area (Å²) in [5.41, 5.74) is 2.40. The molecule has 0 spiro atoms. The van der Waals surface area contributed by atoms with E-state index >= 15 is 0 Å². The smallest absolute Gasteiger partial charge is 0.161 e. The standard InChI is InChI=1S/C16H25NO3/c1-11-8-15(19-2)16(20-3)9-13(11)10-17-14(6-7-18)12-4-5-12/h8-9,12,14,17-18H,4-7,10H2,1-3H3. The van der Waals surface area contributed by atoms with E-state index in [1.165, 1.54) is 24.0 Å². The van der Waals surface area contributed by atoms with Crippen molar-refractivity contribution in [3.63, 3.8) is 0 Å². The molecular formula is C16H25NO3. The van der Waals surface area contributed by atoms with Gasteiger partial charge >= 0.3 is 0 Å². The van der Waals surface area contributed by atoms with Gasteiger partial charge in [0.05, 0.1) is 14.2 Å². The molecule has 1 aromatic carbocycles. The second kappa shape index (κ2) is 6.95. The Kier molecular flexibility index (Phi) is 5.26. The first kappa shape index (κ1) is 15.1. The van der Waals surface area contributed by atoms with Gasteiger partial charge in [-0.05, 0) is 55.4 Å². The van der Waals surface area contributed by atoms with Gasteiger partial charge in [0.15, 0.2) is 11.5 Å². The number of aliphatic hydroxyl groups excluding tert-OH is 1. The molecule has 0 amide bonds. The molecule has 1 fully saturated rings. The Hall–Kier alpha value is -1.26. The third kappa shape index (κ3) is 3.64. The predicted octanol–water partition coefficient (Wildman–Crippen LogP) is 2.26. The number of rotatable bonds is 8. The van der Waals surface area contributed by atoms with Crippen molar-refractivity contribution in [3.8, 4) is 11.5 Å². The van der Waals surface area contributed by atoms with Crippen LogP contribution in [0.1, 0.15) is 30.4 Å². The Morgan fingerprint density at radius 2 is 1.90 bits per heavy atom. The van der Waals surface area contributed by atoms with Crippen LogP contribution in [0.3, 0.4) is 0 Å². The summed E-state index contributed by atoms with van der Waals surface area (Å²) in [7, 11) is 3.31. The van der Waals surface area contributed by atoms with Crippen LogP contribution in [-0.4, -0.2) is 32.0 Å². The highest BCUT2D eigenvalue weighted by Crippen LogP contribution is 2.34. The van der Waals surface area contributed by atoms with E-state index in [0.29, 0.717) is 6.04 Å². The topological polar surface area (TPSA) is 50.7 Å². The van der Waals surface area contributed by atoms with E-state index in [1.807, 2.05) is 12.1 Å². The monoisotopic (exact) mass is 279 g/mol. The van der Waals surface area contributed by atoms with Crippen LogP contribution >= 0.6 is 0 Å². The number of hydrogen-bond donors (Lipinski definition) is 2. The molecule has 0 aliphatic heterocycles. The molecule has 20 heavy (non-hydrogen) atoms. The summed E-state index contributed by atoms with van der Waals surface area (Å²) >= 11 is 0. The van der Waals surface area contributed by atoms with Crippen LogP contribution in [-0.2, 0) is 6.54 Å². The lowest BCUT2D eigenvalue weighted by Crippen LogP contribution is -2.31. The summed E-state index contributed by atoms with van der Waals surface area (Å²) in [5, 5.41) is 12.7. The molecule has 0 radical (unpaired) electrons. The van der Waals surface area contributed by atoms with Gasteiger partial charge in [-0.2, -0.15) is 0 Å². The van der Waals surface area contributed by atoms with Crippen LogP contribution in [0, 0.1) is 12.8 Å². The van der Waals surface area contributed by atoms with Crippen molar-refractivity contribution < 1.29 is 14.6 Å². The maximum absolute atomic E-state index is 9.14. The second-order valence-corrected chi connectivity index (χ2v) is 5.47. The minimum atomic E-state index is 0.249. The maximum atomic E-state index is 9.14. The zero-order valence-corrected chi connectivity index (χ0v) is 12.6. The maximum Gasteiger partial charge on any atom is 0.161 e. The van der Waals surface area contributed by atoms with Crippen LogP contribution in [0.5, 0.6) is 11.5 Å². The van der Waals surface area contributed by atoms with Gasteiger partial charge in [0.25, 0.3) is 0 Å². The molecule has 1 aliphatic rings. The van der Waals surface area contributed by atoms with E-state index in [0.717, 1.165) is 30.4 Å². The van der Waals surface area contributed by atoms with Crippen LogP contribution in [0.2, 0.25) is 0 Å². The summed E-state index contributed by atoms with van der Waals surface area (Å²) in [4.78, 5) is 0. The molecule has 2 rings (SSSR count). The molecule has 0 bridgehead atoms. The van der Waals surface area contributed by atoms with Gasteiger partial charge in [-0.3, -0.25) is 0 Å². The molecule has 1 atom stereocenters. The molecular weight excluding hydrogens is 254 g/mol. The predicted molar refractivity (Wildman–Crippen MR) is 79.3 cm³/mol. The van der Waals surface area contributed by atoms with E-state index < -0.39 is 0 Å². The van der Waals surface area contributed by atoms with Crippen LogP contribution in [0.15, 0.2) is 12.1 Å². The van der Waals surface area contributed by atoms with Crippen molar-refractivity contribution in [2.24, 2.45) is 5.92 Å². The molecule has 0 saturated heterocycles. The SMILES string of the molecule is COc1cc(C)c(CNC(CCO)C2CC2)cc1OC. The summed E-state index contributed by atoms with van der Waals surface area (Å²) in [6.07, 6.45) is 3.39. The van der Waals surface area contributed by atoms with Gasteiger partial charge < -0.3 is 19.9 Å². The molecule has 0 aromatic heterocycles. The third-order valence-electron chi connectivity index (χ3n) is 4.03. The number of aryl methyl sites for hydroxylation is 1. The summed E-state index contributed by atoms with van der Waals surface area (Å²) < 4.78 is 10.7. The Bertz CT molecular complexity index is 444. The molecule has 1 saturated carbocycles. The first-order valence-corrected chi connectivity index (χ1v) is 7.25. The van der Waals surface area contributed by atoms with E-state index in [1.54, 1.807) is 14.2 Å². The Morgan fingerprint density at radius 1 is 1.25 bits per heavy atom. The van der Waals surface area contributed by atoms with E-state index in [9.17, 15) is 0 Å². The molecule has 112 valence electrons. The van der Waals surface area contributed by atoms with Crippen molar-refractivity contribution in [2.75, 3.05) is 20.8 Å².